The minimum Gasteiger partial charge on any atom is -0.299 e. The molecule has 3 heteroatoms. The molecule has 1 aliphatic rings. The number of carbonyl (C=O) groups is 2. The van der Waals surface area contributed by atoms with Gasteiger partial charge in [-0.25, -0.2) is 0 Å². The topological polar surface area (TPSA) is 46.2 Å². The number of amides is 2. The maximum Gasteiger partial charge on any atom is 0.229 e. The lowest BCUT2D eigenvalue weighted by molar-refractivity contribution is -0.126. The SMILES string of the molecule is CC1CC1C(=O)NC=O. The molecule has 1 fully saturated rings. The molecule has 0 aliphatic heterocycles. The van der Waals surface area contributed by atoms with E-state index in [0.29, 0.717) is 12.3 Å². The monoisotopic (exact) mass is 127 g/mol. The van der Waals surface area contributed by atoms with Crippen LogP contribution in [-0.4, -0.2) is 12.3 Å². The largest absolute Gasteiger partial charge is 0.299 e. The summed E-state index contributed by atoms with van der Waals surface area (Å²) in [6.45, 7) is 2.00. The van der Waals surface area contributed by atoms with Crippen LogP contribution in [0.2, 0.25) is 0 Å². The van der Waals surface area contributed by atoms with Gasteiger partial charge < -0.3 is 0 Å². The fourth-order valence-electron chi connectivity index (χ4n) is 0.853. The lowest BCUT2D eigenvalue weighted by Gasteiger charge is -1.90. The molecule has 1 saturated carbocycles. The first kappa shape index (κ1) is 6.26. The van der Waals surface area contributed by atoms with Crippen LogP contribution < -0.4 is 5.32 Å². The first-order valence-electron chi connectivity index (χ1n) is 2.99. The summed E-state index contributed by atoms with van der Waals surface area (Å²) in [4.78, 5) is 20.4. The second kappa shape index (κ2) is 2.17. The van der Waals surface area contributed by atoms with E-state index in [1.54, 1.807) is 0 Å². The normalized spacial score (nSPS) is 31.2. The third kappa shape index (κ3) is 1.28. The number of hydrogen-bond acceptors (Lipinski definition) is 2. The Morgan fingerprint density at radius 1 is 1.78 bits per heavy atom. The fourth-order valence-corrected chi connectivity index (χ4v) is 0.853. The average Bonchev–Trinajstić information content (AvgIpc) is 2.47. The van der Waals surface area contributed by atoms with Crippen molar-refractivity contribution in [2.75, 3.05) is 0 Å². The Hall–Kier alpha value is -0.860. The van der Waals surface area contributed by atoms with Crippen molar-refractivity contribution < 1.29 is 9.59 Å². The van der Waals surface area contributed by atoms with Crippen molar-refractivity contribution >= 4 is 12.3 Å². The summed E-state index contributed by atoms with van der Waals surface area (Å²) in [5, 5.41) is 2.12. The van der Waals surface area contributed by atoms with E-state index in [9.17, 15) is 9.59 Å². The highest BCUT2D eigenvalue weighted by Crippen LogP contribution is 2.37. The summed E-state index contributed by atoms with van der Waals surface area (Å²) in [5.41, 5.74) is 0. The zero-order chi connectivity index (χ0) is 6.85. The molecular formula is C6H9NO2. The van der Waals surface area contributed by atoms with Crippen LogP contribution >= 0.6 is 0 Å². The molecule has 0 saturated heterocycles. The Bertz CT molecular complexity index is 144. The van der Waals surface area contributed by atoms with Gasteiger partial charge in [0.2, 0.25) is 12.3 Å². The molecule has 9 heavy (non-hydrogen) atoms. The Morgan fingerprint density at radius 3 is 2.67 bits per heavy atom. The van der Waals surface area contributed by atoms with Crippen molar-refractivity contribution in [1.82, 2.24) is 5.32 Å². The average molecular weight is 127 g/mol. The Labute approximate surface area is 53.4 Å². The summed E-state index contributed by atoms with van der Waals surface area (Å²) in [7, 11) is 0. The van der Waals surface area contributed by atoms with Crippen molar-refractivity contribution in [3.05, 3.63) is 0 Å². The zero-order valence-corrected chi connectivity index (χ0v) is 5.26. The van der Waals surface area contributed by atoms with Crippen LogP contribution in [-0.2, 0) is 9.59 Å². The van der Waals surface area contributed by atoms with Crippen molar-refractivity contribution in [1.29, 1.82) is 0 Å². The molecule has 2 amide bonds. The van der Waals surface area contributed by atoms with Crippen LogP contribution in [0.5, 0.6) is 0 Å². The second-order valence-electron chi connectivity index (χ2n) is 2.45. The van der Waals surface area contributed by atoms with Crippen molar-refractivity contribution in [3.8, 4) is 0 Å². The molecule has 0 aromatic rings. The van der Waals surface area contributed by atoms with E-state index in [-0.39, 0.29) is 11.8 Å². The minimum absolute atomic E-state index is 0.107. The van der Waals surface area contributed by atoms with Gasteiger partial charge in [0.25, 0.3) is 0 Å². The van der Waals surface area contributed by atoms with E-state index in [2.05, 4.69) is 5.32 Å². The molecule has 1 N–H and O–H groups in total. The van der Waals surface area contributed by atoms with Gasteiger partial charge in [0.05, 0.1) is 0 Å². The molecule has 3 nitrogen and oxygen atoms in total. The number of rotatable bonds is 2. The third-order valence-electron chi connectivity index (χ3n) is 1.65. The highest BCUT2D eigenvalue weighted by atomic mass is 16.2. The van der Waals surface area contributed by atoms with Crippen molar-refractivity contribution in [3.63, 3.8) is 0 Å². The number of imide groups is 1. The van der Waals surface area contributed by atoms with Crippen LogP contribution in [0.3, 0.4) is 0 Å². The first-order valence-corrected chi connectivity index (χ1v) is 2.99. The molecule has 0 bridgehead atoms. The third-order valence-corrected chi connectivity index (χ3v) is 1.65. The molecule has 1 aliphatic carbocycles. The van der Waals surface area contributed by atoms with Crippen LogP contribution in [0.15, 0.2) is 0 Å². The first-order chi connectivity index (χ1) is 4.25. The van der Waals surface area contributed by atoms with Gasteiger partial charge in [0.1, 0.15) is 0 Å². The summed E-state index contributed by atoms with van der Waals surface area (Å²) in [6.07, 6.45) is 1.37. The van der Waals surface area contributed by atoms with Crippen molar-refractivity contribution in [2.45, 2.75) is 13.3 Å². The smallest absolute Gasteiger partial charge is 0.229 e. The predicted octanol–water partition coefficient (Wildman–Crippen LogP) is -0.0850. The number of nitrogens with one attached hydrogen (secondary N) is 1. The van der Waals surface area contributed by atoms with Crippen LogP contribution in [0.1, 0.15) is 13.3 Å². The fraction of sp³-hybridized carbons (Fsp3) is 0.667. The van der Waals surface area contributed by atoms with Gasteiger partial charge in [-0.05, 0) is 12.3 Å². The maximum atomic E-state index is 10.7. The van der Waals surface area contributed by atoms with E-state index in [4.69, 9.17) is 0 Å². The van der Waals surface area contributed by atoms with E-state index < -0.39 is 0 Å². The minimum atomic E-state index is -0.127. The highest BCUT2D eigenvalue weighted by molar-refractivity contribution is 5.89. The quantitative estimate of drug-likeness (QED) is 0.527. The number of carbonyl (C=O) groups excluding carboxylic acids is 2. The molecule has 0 heterocycles. The van der Waals surface area contributed by atoms with Crippen LogP contribution in [0.4, 0.5) is 0 Å². The lowest BCUT2D eigenvalue weighted by atomic mass is 10.3. The molecule has 0 aromatic carbocycles. The molecule has 0 radical (unpaired) electrons. The van der Waals surface area contributed by atoms with Crippen LogP contribution in [0, 0.1) is 11.8 Å². The maximum absolute atomic E-state index is 10.7. The second-order valence-corrected chi connectivity index (χ2v) is 2.45. The van der Waals surface area contributed by atoms with Crippen LogP contribution in [0.25, 0.3) is 0 Å². The van der Waals surface area contributed by atoms with E-state index in [1.807, 2.05) is 6.92 Å². The Balaban J connectivity index is 2.27. The molecule has 50 valence electrons. The highest BCUT2D eigenvalue weighted by Gasteiger charge is 2.38. The van der Waals surface area contributed by atoms with Crippen molar-refractivity contribution in [2.24, 2.45) is 11.8 Å². The predicted molar refractivity (Wildman–Crippen MR) is 31.5 cm³/mol. The van der Waals surface area contributed by atoms with E-state index >= 15 is 0 Å². The molecule has 2 unspecified atom stereocenters. The molecular weight excluding hydrogens is 118 g/mol. The zero-order valence-electron chi connectivity index (χ0n) is 5.26. The van der Waals surface area contributed by atoms with E-state index in [0.717, 1.165) is 6.42 Å². The molecule has 0 spiro atoms. The molecule has 0 aromatic heterocycles. The Morgan fingerprint density at radius 2 is 2.33 bits per heavy atom. The molecule has 1 rings (SSSR count). The van der Waals surface area contributed by atoms with E-state index in [1.165, 1.54) is 0 Å². The van der Waals surface area contributed by atoms with Gasteiger partial charge in [0.15, 0.2) is 0 Å². The van der Waals surface area contributed by atoms with Gasteiger partial charge >= 0.3 is 0 Å². The van der Waals surface area contributed by atoms with Gasteiger partial charge in [-0.2, -0.15) is 0 Å². The molecule has 2 atom stereocenters. The summed E-state index contributed by atoms with van der Waals surface area (Å²) < 4.78 is 0. The summed E-state index contributed by atoms with van der Waals surface area (Å²) >= 11 is 0. The summed E-state index contributed by atoms with van der Waals surface area (Å²) in [6, 6.07) is 0. The van der Waals surface area contributed by atoms with Gasteiger partial charge in [-0.15, -0.1) is 0 Å². The number of hydrogen-bond donors (Lipinski definition) is 1. The van der Waals surface area contributed by atoms with Gasteiger partial charge in [-0.1, -0.05) is 6.92 Å². The summed E-state index contributed by atoms with van der Waals surface area (Å²) in [5.74, 6) is 0.456. The lowest BCUT2D eigenvalue weighted by Crippen LogP contribution is -2.23. The Kier molecular flexibility index (Phi) is 1.51. The van der Waals surface area contributed by atoms with Gasteiger partial charge in [-0.3, -0.25) is 14.9 Å². The standard InChI is InChI=1S/C6H9NO2/c1-4-2-5(4)6(9)7-3-8/h3-5H,2H2,1H3,(H,7,8,9). The van der Waals surface area contributed by atoms with Gasteiger partial charge in [0, 0.05) is 5.92 Å².